The van der Waals surface area contributed by atoms with E-state index in [4.69, 9.17) is 9.47 Å². The number of ether oxygens (including phenoxy) is 2. The van der Waals surface area contributed by atoms with Gasteiger partial charge in [-0.05, 0) is 12.1 Å². The van der Waals surface area contributed by atoms with Crippen LogP contribution in [0.3, 0.4) is 0 Å². The Kier molecular flexibility index (Phi) is 4.83. The lowest BCUT2D eigenvalue weighted by molar-refractivity contribution is -0.137. The van der Waals surface area contributed by atoms with Crippen molar-refractivity contribution in [3.8, 4) is 11.5 Å². The average molecular weight is 333 g/mol. The van der Waals surface area contributed by atoms with Gasteiger partial charge in [0.1, 0.15) is 19.6 Å². The van der Waals surface area contributed by atoms with Gasteiger partial charge >= 0.3 is 0 Å². The van der Waals surface area contributed by atoms with Crippen LogP contribution in [0, 0.1) is 0 Å². The van der Waals surface area contributed by atoms with Gasteiger partial charge in [0.05, 0.1) is 0 Å². The summed E-state index contributed by atoms with van der Waals surface area (Å²) in [7, 11) is 0. The molecule has 2 heterocycles. The zero-order valence-electron chi connectivity index (χ0n) is 13.2. The minimum absolute atomic E-state index is 0.227. The highest BCUT2D eigenvalue weighted by Gasteiger charge is 2.22. The number of carbonyl (C=O) groups is 3. The molecule has 0 aromatic heterocycles. The summed E-state index contributed by atoms with van der Waals surface area (Å²) < 4.78 is 10.9. The standard InChI is InChI=1S/C16H19N3O5/c20-11-18-3-5-19(6-4-18)16(22)10-15(21)17-12-1-2-13-14(9-12)24-8-7-23-13/h1-2,9,11H,3-8,10H2,(H,17,21). The molecule has 128 valence electrons. The van der Waals surface area contributed by atoms with Crippen LogP contribution in [0.25, 0.3) is 0 Å². The van der Waals surface area contributed by atoms with Crippen molar-refractivity contribution in [1.82, 2.24) is 9.80 Å². The molecule has 8 heteroatoms. The van der Waals surface area contributed by atoms with Gasteiger partial charge in [-0.25, -0.2) is 0 Å². The normalized spacial score (nSPS) is 16.5. The summed E-state index contributed by atoms with van der Waals surface area (Å²) in [4.78, 5) is 38.1. The van der Waals surface area contributed by atoms with Gasteiger partial charge in [0.25, 0.3) is 0 Å². The van der Waals surface area contributed by atoms with Gasteiger partial charge < -0.3 is 24.6 Å². The van der Waals surface area contributed by atoms with Crippen molar-refractivity contribution in [1.29, 1.82) is 0 Å². The van der Waals surface area contributed by atoms with Gasteiger partial charge in [-0.1, -0.05) is 0 Å². The number of hydrogen-bond donors (Lipinski definition) is 1. The number of nitrogens with one attached hydrogen (secondary N) is 1. The van der Waals surface area contributed by atoms with Gasteiger partial charge in [0, 0.05) is 37.9 Å². The third kappa shape index (κ3) is 3.76. The molecule has 0 unspecified atom stereocenters. The SMILES string of the molecule is O=CN1CCN(C(=O)CC(=O)Nc2ccc3c(c2)OCCO3)CC1. The van der Waals surface area contributed by atoms with Crippen LogP contribution < -0.4 is 14.8 Å². The first-order chi connectivity index (χ1) is 11.7. The molecule has 8 nitrogen and oxygen atoms in total. The third-order valence-electron chi connectivity index (χ3n) is 3.95. The number of fused-ring (bicyclic) bond motifs is 1. The van der Waals surface area contributed by atoms with E-state index in [1.54, 1.807) is 28.0 Å². The summed E-state index contributed by atoms with van der Waals surface area (Å²) in [5.74, 6) is 0.601. The molecule has 1 saturated heterocycles. The Morgan fingerprint density at radius 1 is 1.08 bits per heavy atom. The quantitative estimate of drug-likeness (QED) is 0.623. The van der Waals surface area contributed by atoms with Crippen LogP contribution in [-0.4, -0.2) is 67.4 Å². The van der Waals surface area contributed by atoms with E-state index in [1.807, 2.05) is 0 Å². The fraction of sp³-hybridized carbons (Fsp3) is 0.438. The zero-order valence-corrected chi connectivity index (χ0v) is 13.2. The second-order valence-electron chi connectivity index (χ2n) is 5.61. The summed E-state index contributed by atoms with van der Waals surface area (Å²) in [5.41, 5.74) is 0.558. The molecule has 0 radical (unpaired) electrons. The average Bonchev–Trinajstić information content (AvgIpc) is 2.61. The first-order valence-corrected chi connectivity index (χ1v) is 7.82. The van der Waals surface area contributed by atoms with E-state index in [2.05, 4.69) is 5.32 Å². The zero-order chi connectivity index (χ0) is 16.9. The van der Waals surface area contributed by atoms with Gasteiger partial charge in [-0.2, -0.15) is 0 Å². The van der Waals surface area contributed by atoms with Crippen molar-refractivity contribution in [2.24, 2.45) is 0 Å². The van der Waals surface area contributed by atoms with E-state index in [0.29, 0.717) is 56.6 Å². The second kappa shape index (κ2) is 7.20. The highest BCUT2D eigenvalue weighted by Crippen LogP contribution is 2.32. The van der Waals surface area contributed by atoms with Crippen LogP contribution in [0.5, 0.6) is 11.5 Å². The van der Waals surface area contributed by atoms with Crippen molar-refractivity contribution in [2.45, 2.75) is 6.42 Å². The maximum Gasteiger partial charge on any atom is 0.233 e. The minimum atomic E-state index is -0.380. The molecule has 3 amide bonds. The Morgan fingerprint density at radius 3 is 2.50 bits per heavy atom. The largest absolute Gasteiger partial charge is 0.486 e. The number of hydrogen-bond acceptors (Lipinski definition) is 5. The molecule has 1 N–H and O–H groups in total. The predicted molar refractivity (Wildman–Crippen MR) is 84.9 cm³/mol. The topological polar surface area (TPSA) is 88.2 Å². The predicted octanol–water partition coefficient (Wildman–Crippen LogP) is 0.0870. The molecular formula is C16H19N3O5. The van der Waals surface area contributed by atoms with Crippen LogP contribution in [0.1, 0.15) is 6.42 Å². The lowest BCUT2D eigenvalue weighted by atomic mass is 10.2. The molecule has 0 bridgehead atoms. The molecule has 3 rings (SSSR count). The van der Waals surface area contributed by atoms with Crippen LogP contribution in [0.15, 0.2) is 18.2 Å². The van der Waals surface area contributed by atoms with Crippen molar-refractivity contribution in [3.05, 3.63) is 18.2 Å². The Labute approximate surface area is 139 Å². The highest BCUT2D eigenvalue weighted by molar-refractivity contribution is 6.03. The van der Waals surface area contributed by atoms with Crippen LogP contribution in [0.2, 0.25) is 0 Å². The Bertz CT molecular complexity index is 641. The molecule has 0 aliphatic carbocycles. The summed E-state index contributed by atoms with van der Waals surface area (Å²) in [6, 6.07) is 5.11. The number of rotatable bonds is 4. The van der Waals surface area contributed by atoms with Gasteiger partial charge in [0.2, 0.25) is 18.2 Å². The molecule has 2 aliphatic rings. The maximum absolute atomic E-state index is 12.1. The molecule has 1 aromatic rings. The van der Waals surface area contributed by atoms with Crippen LogP contribution >= 0.6 is 0 Å². The molecule has 1 fully saturated rings. The third-order valence-corrected chi connectivity index (χ3v) is 3.95. The summed E-state index contributed by atoms with van der Waals surface area (Å²) >= 11 is 0. The minimum Gasteiger partial charge on any atom is -0.486 e. The van der Waals surface area contributed by atoms with Crippen molar-refractivity contribution < 1.29 is 23.9 Å². The molecule has 2 aliphatic heterocycles. The Morgan fingerprint density at radius 2 is 1.79 bits per heavy atom. The lowest BCUT2D eigenvalue weighted by Gasteiger charge is -2.32. The van der Waals surface area contributed by atoms with E-state index >= 15 is 0 Å². The van der Waals surface area contributed by atoms with Gasteiger partial charge in [-0.15, -0.1) is 0 Å². The first-order valence-electron chi connectivity index (χ1n) is 7.82. The van der Waals surface area contributed by atoms with Crippen molar-refractivity contribution in [3.63, 3.8) is 0 Å². The smallest absolute Gasteiger partial charge is 0.233 e. The van der Waals surface area contributed by atoms with E-state index in [1.165, 1.54) is 0 Å². The monoisotopic (exact) mass is 333 g/mol. The fourth-order valence-corrected chi connectivity index (χ4v) is 2.65. The van der Waals surface area contributed by atoms with Gasteiger partial charge in [-0.3, -0.25) is 14.4 Å². The number of benzene rings is 1. The maximum atomic E-state index is 12.1. The Balaban J connectivity index is 1.52. The first kappa shape index (κ1) is 16.1. The van der Waals surface area contributed by atoms with Crippen LogP contribution in [-0.2, 0) is 14.4 Å². The van der Waals surface area contributed by atoms with Crippen LogP contribution in [0.4, 0.5) is 5.69 Å². The number of carbonyl (C=O) groups excluding carboxylic acids is 3. The second-order valence-corrected chi connectivity index (χ2v) is 5.61. The molecule has 1 aromatic carbocycles. The fourth-order valence-electron chi connectivity index (χ4n) is 2.65. The molecule has 0 spiro atoms. The molecular weight excluding hydrogens is 314 g/mol. The number of anilines is 1. The van der Waals surface area contributed by atoms with E-state index in [9.17, 15) is 14.4 Å². The molecule has 24 heavy (non-hydrogen) atoms. The molecule has 0 saturated carbocycles. The Hall–Kier alpha value is -2.77. The lowest BCUT2D eigenvalue weighted by Crippen LogP contribution is -2.48. The van der Waals surface area contributed by atoms with E-state index in [-0.39, 0.29) is 18.2 Å². The van der Waals surface area contributed by atoms with Crippen molar-refractivity contribution in [2.75, 3.05) is 44.7 Å². The van der Waals surface area contributed by atoms with E-state index in [0.717, 1.165) is 6.41 Å². The summed E-state index contributed by atoms with van der Waals surface area (Å²) in [6.07, 6.45) is 0.548. The molecule has 0 atom stereocenters. The van der Waals surface area contributed by atoms with Crippen molar-refractivity contribution >= 4 is 23.9 Å². The van der Waals surface area contributed by atoms with E-state index < -0.39 is 0 Å². The summed E-state index contributed by atoms with van der Waals surface area (Å²) in [6.45, 7) is 2.88. The number of amides is 3. The highest BCUT2D eigenvalue weighted by atomic mass is 16.6. The number of nitrogens with zero attached hydrogens (tertiary/aromatic N) is 2. The summed E-state index contributed by atoms with van der Waals surface area (Å²) in [5, 5.41) is 2.69. The number of piperazine rings is 1. The van der Waals surface area contributed by atoms with Gasteiger partial charge in [0.15, 0.2) is 11.5 Å².